The molecule has 2 N–H and O–H groups in total. The van der Waals surface area contributed by atoms with Crippen molar-refractivity contribution in [1.29, 1.82) is 0 Å². The molecule has 3 fully saturated rings. The molecule has 31 heavy (non-hydrogen) atoms. The first kappa shape index (κ1) is 20.7. The van der Waals surface area contributed by atoms with Crippen LogP contribution in [0.4, 0.5) is 5.82 Å². The number of rotatable bonds is 6. The van der Waals surface area contributed by atoms with Crippen molar-refractivity contribution in [1.82, 2.24) is 24.4 Å². The molecule has 1 aliphatic carbocycles. The Balaban J connectivity index is 1.46. The van der Waals surface area contributed by atoms with Crippen molar-refractivity contribution < 1.29 is 19.0 Å². The molecular formula is C21H30N6O4. The highest BCUT2D eigenvalue weighted by Gasteiger charge is 2.63. The molecule has 0 amide bonds. The largest absolute Gasteiger partial charge is 0.382 e. The van der Waals surface area contributed by atoms with Gasteiger partial charge in [0.1, 0.15) is 30.3 Å². The Morgan fingerprint density at radius 3 is 2.81 bits per heavy atom. The van der Waals surface area contributed by atoms with E-state index in [2.05, 4.69) is 33.7 Å². The summed E-state index contributed by atoms with van der Waals surface area (Å²) in [6, 6.07) is 0.707. The van der Waals surface area contributed by atoms with Crippen LogP contribution in [0.2, 0.25) is 0 Å². The molecule has 2 aromatic rings. The maximum atomic E-state index is 11.1. The van der Waals surface area contributed by atoms with E-state index in [9.17, 15) is 4.79 Å². The van der Waals surface area contributed by atoms with E-state index in [0.717, 1.165) is 19.1 Å². The number of fused-ring (bicyclic) bond motifs is 2. The summed E-state index contributed by atoms with van der Waals surface area (Å²) in [7, 11) is 0. The Morgan fingerprint density at radius 2 is 2.10 bits per heavy atom. The van der Waals surface area contributed by atoms with Gasteiger partial charge in [0.05, 0.1) is 12.9 Å². The average Bonchev–Trinajstić information content (AvgIpc) is 3.31. The summed E-state index contributed by atoms with van der Waals surface area (Å²) >= 11 is 0. The standard InChI is InChI=1S/C21H30N6O4/c1-12(2)26(14-5-13(6-14)8-28)7-15-17-21(9-29-15,31-20(3,4)30-17)27-11-25-16-18(22)23-10-24-19(16)27/h8,10-15,17H,5-7,9H2,1-4H3,(H2,22,23,24)/t13?,14?,15-,17-,21+/m1/s1. The molecule has 3 atom stereocenters. The van der Waals surface area contributed by atoms with Crippen LogP contribution in [0.3, 0.4) is 0 Å². The molecular weight excluding hydrogens is 400 g/mol. The summed E-state index contributed by atoms with van der Waals surface area (Å²) in [5, 5.41) is 0. The summed E-state index contributed by atoms with van der Waals surface area (Å²) in [5.41, 5.74) is 6.23. The summed E-state index contributed by atoms with van der Waals surface area (Å²) in [6.45, 7) is 9.18. The molecule has 2 saturated heterocycles. The smallest absolute Gasteiger partial charge is 0.203 e. The van der Waals surface area contributed by atoms with Crippen molar-refractivity contribution in [2.45, 2.75) is 76.3 Å². The average molecular weight is 431 g/mol. The maximum Gasteiger partial charge on any atom is 0.203 e. The van der Waals surface area contributed by atoms with Crippen molar-refractivity contribution in [2.75, 3.05) is 18.9 Å². The normalized spacial score (nSPS) is 34.4. The zero-order valence-electron chi connectivity index (χ0n) is 18.4. The quantitative estimate of drug-likeness (QED) is 0.677. The fraction of sp³-hybridized carbons (Fsp3) is 0.714. The summed E-state index contributed by atoms with van der Waals surface area (Å²) in [4.78, 5) is 26.4. The molecule has 4 heterocycles. The van der Waals surface area contributed by atoms with Crippen molar-refractivity contribution in [2.24, 2.45) is 5.92 Å². The third kappa shape index (κ3) is 3.24. The van der Waals surface area contributed by atoms with E-state index in [-0.39, 0.29) is 18.1 Å². The minimum absolute atomic E-state index is 0.169. The molecule has 0 spiro atoms. The highest BCUT2D eigenvalue weighted by Crippen LogP contribution is 2.48. The van der Waals surface area contributed by atoms with Crippen LogP contribution in [0.25, 0.3) is 11.2 Å². The van der Waals surface area contributed by atoms with Crippen LogP contribution < -0.4 is 5.73 Å². The Labute approximate surface area is 181 Å². The first-order chi connectivity index (χ1) is 14.7. The summed E-state index contributed by atoms with van der Waals surface area (Å²) in [6.07, 6.45) is 5.43. The van der Waals surface area contributed by atoms with Gasteiger partial charge in [0.25, 0.3) is 0 Å². The van der Waals surface area contributed by atoms with Crippen LogP contribution >= 0.6 is 0 Å². The number of nitrogens with zero attached hydrogens (tertiary/aromatic N) is 5. The lowest BCUT2D eigenvalue weighted by molar-refractivity contribution is -0.206. The Morgan fingerprint density at radius 1 is 1.32 bits per heavy atom. The molecule has 3 aliphatic rings. The number of aldehydes is 1. The Hall–Kier alpha value is -2.14. The van der Waals surface area contributed by atoms with Crippen LogP contribution in [0.5, 0.6) is 0 Å². The van der Waals surface area contributed by atoms with E-state index in [0.29, 0.717) is 42.2 Å². The molecule has 0 unspecified atom stereocenters. The van der Waals surface area contributed by atoms with Crippen molar-refractivity contribution in [3.8, 4) is 0 Å². The van der Waals surface area contributed by atoms with E-state index < -0.39 is 11.5 Å². The van der Waals surface area contributed by atoms with Crippen LogP contribution in [-0.4, -0.2) is 73.9 Å². The second kappa shape index (κ2) is 7.19. The number of hydrogen-bond donors (Lipinski definition) is 1. The van der Waals surface area contributed by atoms with E-state index in [1.807, 2.05) is 18.4 Å². The van der Waals surface area contributed by atoms with Gasteiger partial charge >= 0.3 is 0 Å². The van der Waals surface area contributed by atoms with Gasteiger partial charge in [0, 0.05) is 24.5 Å². The van der Waals surface area contributed by atoms with Crippen molar-refractivity contribution >= 4 is 23.3 Å². The van der Waals surface area contributed by atoms with Gasteiger partial charge in [-0.1, -0.05) is 0 Å². The number of nitrogens with two attached hydrogens (primary N) is 1. The highest BCUT2D eigenvalue weighted by molar-refractivity contribution is 5.81. The number of carbonyl (C=O) groups is 1. The number of anilines is 1. The molecule has 0 radical (unpaired) electrons. The van der Waals surface area contributed by atoms with E-state index >= 15 is 0 Å². The van der Waals surface area contributed by atoms with Crippen LogP contribution in [-0.2, 0) is 24.7 Å². The first-order valence-electron chi connectivity index (χ1n) is 10.9. The van der Waals surface area contributed by atoms with Gasteiger partial charge in [-0.15, -0.1) is 0 Å². The lowest BCUT2D eigenvalue weighted by Crippen LogP contribution is -2.53. The zero-order chi connectivity index (χ0) is 22.0. The fourth-order valence-electron chi connectivity index (χ4n) is 5.23. The lowest BCUT2D eigenvalue weighted by Gasteiger charge is -2.44. The maximum absolute atomic E-state index is 11.1. The molecule has 10 heteroatoms. The summed E-state index contributed by atoms with van der Waals surface area (Å²) in [5.74, 6) is -0.294. The number of carbonyl (C=O) groups excluding carboxylic acids is 1. The molecule has 10 nitrogen and oxygen atoms in total. The first-order valence-corrected chi connectivity index (χ1v) is 10.9. The third-order valence-corrected chi connectivity index (χ3v) is 6.75. The second-order valence-electron chi connectivity index (χ2n) is 9.59. The predicted octanol–water partition coefficient (Wildman–Crippen LogP) is 1.30. The van der Waals surface area contributed by atoms with Gasteiger partial charge in [0.15, 0.2) is 17.3 Å². The molecule has 2 aliphatic heterocycles. The molecule has 0 aromatic carbocycles. The topological polar surface area (TPSA) is 118 Å². The zero-order valence-corrected chi connectivity index (χ0v) is 18.4. The number of aromatic nitrogens is 4. The van der Waals surface area contributed by atoms with Gasteiger partial charge in [-0.3, -0.25) is 9.47 Å². The van der Waals surface area contributed by atoms with Gasteiger partial charge in [0.2, 0.25) is 5.72 Å². The Kier molecular flexibility index (Phi) is 4.81. The number of nitrogen functional groups attached to an aromatic ring is 1. The molecule has 0 bridgehead atoms. The molecule has 168 valence electrons. The SMILES string of the molecule is CC(C)N(C[C@H]1OC[C@]2(n3cnc4c(N)ncnc43)OC(C)(C)O[C@H]12)C1CC(C=O)C1. The molecule has 5 rings (SSSR count). The monoisotopic (exact) mass is 430 g/mol. The minimum atomic E-state index is -0.892. The van der Waals surface area contributed by atoms with Crippen LogP contribution in [0.15, 0.2) is 12.7 Å². The fourth-order valence-corrected chi connectivity index (χ4v) is 5.23. The van der Waals surface area contributed by atoms with Crippen LogP contribution in [0, 0.1) is 5.92 Å². The number of imidazole rings is 1. The van der Waals surface area contributed by atoms with Crippen molar-refractivity contribution in [3.05, 3.63) is 12.7 Å². The molecule has 1 saturated carbocycles. The highest BCUT2D eigenvalue weighted by atomic mass is 16.8. The van der Waals surface area contributed by atoms with Gasteiger partial charge in [-0.05, 0) is 40.5 Å². The van der Waals surface area contributed by atoms with Gasteiger partial charge in [-0.2, -0.15) is 0 Å². The second-order valence-corrected chi connectivity index (χ2v) is 9.59. The Bertz CT molecular complexity index is 987. The van der Waals surface area contributed by atoms with Gasteiger partial charge in [-0.25, -0.2) is 15.0 Å². The predicted molar refractivity (Wildman–Crippen MR) is 112 cm³/mol. The van der Waals surface area contributed by atoms with Crippen LogP contribution in [0.1, 0.15) is 40.5 Å². The molecule has 2 aromatic heterocycles. The van der Waals surface area contributed by atoms with E-state index in [1.165, 1.54) is 6.33 Å². The van der Waals surface area contributed by atoms with Gasteiger partial charge < -0.3 is 24.7 Å². The van der Waals surface area contributed by atoms with E-state index in [1.54, 1.807) is 6.33 Å². The van der Waals surface area contributed by atoms with E-state index in [4.69, 9.17) is 19.9 Å². The lowest BCUT2D eigenvalue weighted by atomic mass is 9.79. The minimum Gasteiger partial charge on any atom is -0.382 e. The number of hydrogen-bond acceptors (Lipinski definition) is 9. The third-order valence-electron chi connectivity index (χ3n) is 6.75. The van der Waals surface area contributed by atoms with Crippen molar-refractivity contribution in [3.63, 3.8) is 0 Å². The number of ether oxygens (including phenoxy) is 3. The summed E-state index contributed by atoms with van der Waals surface area (Å²) < 4.78 is 21.0.